The Hall–Kier alpha value is -1.47. The van der Waals surface area contributed by atoms with Crippen LogP contribution in [-0.2, 0) is 10.0 Å². The highest BCUT2D eigenvalue weighted by Gasteiger charge is 2.23. The lowest BCUT2D eigenvalue weighted by molar-refractivity contribution is 0.0696. The average molecular weight is 315 g/mol. The third-order valence-corrected chi connectivity index (χ3v) is 5.19. The van der Waals surface area contributed by atoms with Gasteiger partial charge in [0.05, 0.1) is 5.56 Å². The molecule has 0 amide bonds. The molecule has 1 saturated carbocycles. The molecule has 1 aliphatic rings. The normalized spacial score (nSPS) is 16.8. The van der Waals surface area contributed by atoms with Gasteiger partial charge in [-0.25, -0.2) is 22.3 Å². The molecule has 1 aromatic carbocycles. The van der Waals surface area contributed by atoms with Gasteiger partial charge in [-0.1, -0.05) is 19.3 Å². The van der Waals surface area contributed by atoms with Crippen LogP contribution in [0.4, 0.5) is 4.39 Å². The second-order valence-corrected chi connectivity index (χ2v) is 7.04. The monoisotopic (exact) mass is 315 g/mol. The molecule has 0 heterocycles. The molecule has 0 bridgehead atoms. The summed E-state index contributed by atoms with van der Waals surface area (Å²) in [7, 11) is -4.03. The van der Waals surface area contributed by atoms with E-state index in [0.717, 1.165) is 43.9 Å². The first-order chi connectivity index (χ1) is 9.90. The van der Waals surface area contributed by atoms with E-state index < -0.39 is 26.7 Å². The molecule has 2 rings (SSSR count). The van der Waals surface area contributed by atoms with Crippen molar-refractivity contribution in [3.63, 3.8) is 0 Å². The van der Waals surface area contributed by atoms with Crippen LogP contribution in [0.5, 0.6) is 0 Å². The number of aromatic carboxylic acids is 1. The fourth-order valence-corrected chi connectivity index (χ4v) is 3.76. The van der Waals surface area contributed by atoms with Gasteiger partial charge in [-0.15, -0.1) is 0 Å². The average Bonchev–Trinajstić information content (AvgIpc) is 2.46. The Kier molecular flexibility index (Phi) is 4.95. The molecule has 0 atom stereocenters. The van der Waals surface area contributed by atoms with Gasteiger partial charge in [0.1, 0.15) is 10.7 Å². The van der Waals surface area contributed by atoms with Gasteiger partial charge in [-0.2, -0.15) is 0 Å². The third-order valence-electron chi connectivity index (χ3n) is 3.75. The summed E-state index contributed by atoms with van der Waals surface area (Å²) in [4.78, 5) is 10.2. The standard InChI is InChI=1S/C14H18FNO4S/c15-12-7-6-11(14(17)18)8-13(12)21(19,20)16-9-10-4-2-1-3-5-10/h6-8,10,16H,1-5,9H2,(H,17,18). The summed E-state index contributed by atoms with van der Waals surface area (Å²) in [5, 5.41) is 8.86. The Labute approximate surface area is 123 Å². The van der Waals surface area contributed by atoms with Gasteiger partial charge in [0.2, 0.25) is 10.0 Å². The molecule has 2 N–H and O–H groups in total. The number of hydrogen-bond donors (Lipinski definition) is 2. The SMILES string of the molecule is O=C(O)c1ccc(F)c(S(=O)(=O)NCC2CCCCC2)c1. The molecule has 7 heteroatoms. The zero-order valence-electron chi connectivity index (χ0n) is 11.5. The van der Waals surface area contributed by atoms with Gasteiger partial charge in [-0.3, -0.25) is 0 Å². The minimum atomic E-state index is -4.03. The maximum absolute atomic E-state index is 13.7. The minimum absolute atomic E-state index is 0.255. The summed E-state index contributed by atoms with van der Waals surface area (Å²) in [6, 6.07) is 2.75. The lowest BCUT2D eigenvalue weighted by atomic mass is 9.90. The van der Waals surface area contributed by atoms with E-state index in [9.17, 15) is 17.6 Å². The molecule has 0 aliphatic heterocycles. The van der Waals surface area contributed by atoms with Crippen LogP contribution in [0.1, 0.15) is 42.5 Å². The molecule has 116 valence electrons. The van der Waals surface area contributed by atoms with Gasteiger partial charge < -0.3 is 5.11 Å². The zero-order chi connectivity index (χ0) is 15.5. The number of nitrogens with one attached hydrogen (secondary N) is 1. The van der Waals surface area contributed by atoms with E-state index in [4.69, 9.17) is 5.11 Å². The van der Waals surface area contributed by atoms with Crippen molar-refractivity contribution in [1.29, 1.82) is 0 Å². The number of hydrogen-bond acceptors (Lipinski definition) is 3. The topological polar surface area (TPSA) is 83.5 Å². The number of halogens is 1. The van der Waals surface area contributed by atoms with Crippen molar-refractivity contribution in [2.24, 2.45) is 5.92 Å². The number of carbonyl (C=O) groups is 1. The number of benzene rings is 1. The second-order valence-electron chi connectivity index (χ2n) is 5.31. The highest BCUT2D eigenvalue weighted by Crippen LogP contribution is 2.24. The Morgan fingerprint density at radius 2 is 1.95 bits per heavy atom. The Bertz CT molecular complexity index is 624. The molecule has 0 spiro atoms. The van der Waals surface area contributed by atoms with Crippen LogP contribution in [0.25, 0.3) is 0 Å². The molecule has 1 fully saturated rings. The number of rotatable bonds is 5. The van der Waals surface area contributed by atoms with Crippen molar-refractivity contribution < 1.29 is 22.7 Å². The van der Waals surface area contributed by atoms with E-state index in [1.807, 2.05) is 0 Å². The molecular weight excluding hydrogens is 297 g/mol. The smallest absolute Gasteiger partial charge is 0.335 e. The molecule has 1 aliphatic carbocycles. The first-order valence-corrected chi connectivity index (χ1v) is 8.41. The maximum atomic E-state index is 13.7. The summed E-state index contributed by atoms with van der Waals surface area (Å²) in [5.41, 5.74) is -0.255. The van der Waals surface area contributed by atoms with Gasteiger partial charge in [0, 0.05) is 6.54 Å². The fourth-order valence-electron chi connectivity index (χ4n) is 2.54. The molecule has 0 aromatic heterocycles. The van der Waals surface area contributed by atoms with Gasteiger partial charge in [-0.05, 0) is 37.0 Å². The van der Waals surface area contributed by atoms with Crippen LogP contribution in [-0.4, -0.2) is 26.0 Å². The van der Waals surface area contributed by atoms with Crippen LogP contribution in [0.15, 0.2) is 23.1 Å². The molecule has 0 unspecified atom stereocenters. The van der Waals surface area contributed by atoms with Crippen molar-refractivity contribution in [3.8, 4) is 0 Å². The molecule has 1 aromatic rings. The first-order valence-electron chi connectivity index (χ1n) is 6.92. The predicted octanol–water partition coefficient (Wildman–Crippen LogP) is 2.38. The quantitative estimate of drug-likeness (QED) is 0.874. The van der Waals surface area contributed by atoms with Crippen molar-refractivity contribution in [1.82, 2.24) is 4.72 Å². The molecule has 5 nitrogen and oxygen atoms in total. The number of sulfonamides is 1. The molecular formula is C14H18FNO4S. The highest BCUT2D eigenvalue weighted by atomic mass is 32.2. The maximum Gasteiger partial charge on any atom is 0.335 e. The summed E-state index contributed by atoms with van der Waals surface area (Å²) >= 11 is 0. The van der Waals surface area contributed by atoms with Crippen LogP contribution in [0.3, 0.4) is 0 Å². The van der Waals surface area contributed by atoms with Crippen molar-refractivity contribution in [3.05, 3.63) is 29.6 Å². The zero-order valence-corrected chi connectivity index (χ0v) is 12.3. The molecule has 21 heavy (non-hydrogen) atoms. The Morgan fingerprint density at radius 3 is 2.57 bits per heavy atom. The predicted molar refractivity (Wildman–Crippen MR) is 75.1 cm³/mol. The Balaban J connectivity index is 2.14. The largest absolute Gasteiger partial charge is 0.478 e. The van der Waals surface area contributed by atoms with E-state index in [2.05, 4.69) is 4.72 Å². The molecule has 0 radical (unpaired) electrons. The van der Waals surface area contributed by atoms with Crippen molar-refractivity contribution >= 4 is 16.0 Å². The first kappa shape index (κ1) is 15.9. The number of carboxylic acids is 1. The van der Waals surface area contributed by atoms with Crippen molar-refractivity contribution in [2.75, 3.05) is 6.54 Å². The number of carboxylic acid groups (broad SMARTS) is 1. The van der Waals surface area contributed by atoms with E-state index in [1.165, 1.54) is 6.42 Å². The van der Waals surface area contributed by atoms with Crippen LogP contribution < -0.4 is 4.72 Å². The summed E-state index contributed by atoms with van der Waals surface area (Å²) in [5.74, 6) is -1.98. The van der Waals surface area contributed by atoms with Gasteiger partial charge in [0.25, 0.3) is 0 Å². The van der Waals surface area contributed by atoms with E-state index >= 15 is 0 Å². The van der Waals surface area contributed by atoms with Gasteiger partial charge >= 0.3 is 5.97 Å². The van der Waals surface area contributed by atoms with E-state index in [0.29, 0.717) is 0 Å². The van der Waals surface area contributed by atoms with Crippen LogP contribution in [0, 0.1) is 11.7 Å². The summed E-state index contributed by atoms with van der Waals surface area (Å²) in [6.07, 6.45) is 5.24. The third kappa shape index (κ3) is 4.01. The lowest BCUT2D eigenvalue weighted by Gasteiger charge is -2.21. The second kappa shape index (κ2) is 6.53. The molecule has 0 saturated heterocycles. The van der Waals surface area contributed by atoms with E-state index in [1.54, 1.807) is 0 Å². The van der Waals surface area contributed by atoms with Gasteiger partial charge in [0.15, 0.2) is 0 Å². The van der Waals surface area contributed by atoms with E-state index in [-0.39, 0.29) is 18.0 Å². The fraction of sp³-hybridized carbons (Fsp3) is 0.500. The highest BCUT2D eigenvalue weighted by molar-refractivity contribution is 7.89. The van der Waals surface area contributed by atoms with Crippen LogP contribution in [0.2, 0.25) is 0 Å². The van der Waals surface area contributed by atoms with Crippen molar-refractivity contribution in [2.45, 2.75) is 37.0 Å². The lowest BCUT2D eigenvalue weighted by Crippen LogP contribution is -2.31. The minimum Gasteiger partial charge on any atom is -0.478 e. The summed E-state index contributed by atoms with van der Waals surface area (Å²) < 4.78 is 40.3. The summed E-state index contributed by atoms with van der Waals surface area (Å²) in [6.45, 7) is 0.263. The Morgan fingerprint density at radius 1 is 1.29 bits per heavy atom. The van der Waals surface area contributed by atoms with Crippen LogP contribution >= 0.6 is 0 Å².